The number of carboxylic acid groups (broad SMARTS) is 2. The SMILES string of the molecule is O=C(O)c1cc(Cc2ccc(N3C(=O)c4ccccc4C3=O)c(C(=O)O)c2)ccc1N1C(=O)c2ccccc2C1=O. The minimum absolute atomic E-state index is 0.0837. The zero-order valence-electron chi connectivity index (χ0n) is 21.0. The van der Waals surface area contributed by atoms with E-state index in [2.05, 4.69) is 0 Å². The molecule has 0 spiro atoms. The molecule has 4 aromatic rings. The summed E-state index contributed by atoms with van der Waals surface area (Å²) in [6.07, 6.45) is 0.0886. The number of fused-ring (bicyclic) bond motifs is 2. The first-order chi connectivity index (χ1) is 19.7. The average molecular weight is 546 g/mol. The van der Waals surface area contributed by atoms with Gasteiger partial charge in [-0.2, -0.15) is 0 Å². The highest BCUT2D eigenvalue weighted by atomic mass is 16.4. The molecule has 0 saturated heterocycles. The van der Waals surface area contributed by atoms with Crippen molar-refractivity contribution in [1.29, 1.82) is 0 Å². The van der Waals surface area contributed by atoms with E-state index in [1.807, 2.05) is 0 Å². The lowest BCUT2D eigenvalue weighted by atomic mass is 9.98. The number of carboxylic acids is 2. The maximum atomic E-state index is 12.9. The summed E-state index contributed by atoms with van der Waals surface area (Å²) in [5, 5.41) is 19.8. The predicted molar refractivity (Wildman–Crippen MR) is 145 cm³/mol. The lowest BCUT2D eigenvalue weighted by Crippen LogP contribution is -2.31. The first-order valence-corrected chi connectivity index (χ1v) is 12.4. The lowest BCUT2D eigenvalue weighted by molar-refractivity contribution is 0.0686. The van der Waals surface area contributed by atoms with E-state index in [0.29, 0.717) is 11.1 Å². The Morgan fingerprint density at radius 2 is 0.829 bits per heavy atom. The number of hydrogen-bond acceptors (Lipinski definition) is 6. The lowest BCUT2D eigenvalue weighted by Gasteiger charge is -2.18. The van der Waals surface area contributed by atoms with Crippen LogP contribution in [-0.4, -0.2) is 45.8 Å². The molecule has 10 heteroatoms. The Kier molecular flexibility index (Phi) is 5.81. The van der Waals surface area contributed by atoms with E-state index in [0.717, 1.165) is 9.80 Å². The first kappa shape index (κ1) is 25.4. The van der Waals surface area contributed by atoms with Crippen molar-refractivity contribution in [1.82, 2.24) is 0 Å². The van der Waals surface area contributed by atoms with Crippen molar-refractivity contribution < 1.29 is 39.0 Å². The Bertz CT molecular complexity index is 1670. The van der Waals surface area contributed by atoms with E-state index >= 15 is 0 Å². The van der Waals surface area contributed by atoms with Crippen LogP contribution >= 0.6 is 0 Å². The highest BCUT2D eigenvalue weighted by Crippen LogP contribution is 2.34. The first-order valence-electron chi connectivity index (χ1n) is 12.4. The van der Waals surface area contributed by atoms with Crippen molar-refractivity contribution >= 4 is 46.9 Å². The van der Waals surface area contributed by atoms with Gasteiger partial charge in [-0.1, -0.05) is 36.4 Å². The summed E-state index contributed by atoms with van der Waals surface area (Å²) in [6.45, 7) is 0. The zero-order chi connectivity index (χ0) is 29.0. The third-order valence-corrected chi connectivity index (χ3v) is 7.06. The number of nitrogens with zero attached hydrogens (tertiary/aromatic N) is 2. The molecule has 2 aliphatic rings. The van der Waals surface area contributed by atoms with Gasteiger partial charge in [0, 0.05) is 0 Å². The number of imide groups is 2. The molecule has 2 heterocycles. The van der Waals surface area contributed by atoms with Gasteiger partial charge in [-0.3, -0.25) is 19.2 Å². The van der Waals surface area contributed by atoms with Crippen LogP contribution in [0, 0.1) is 0 Å². The molecule has 0 radical (unpaired) electrons. The summed E-state index contributed by atoms with van der Waals surface area (Å²) in [4.78, 5) is 77.7. The van der Waals surface area contributed by atoms with Gasteiger partial charge in [0.15, 0.2) is 0 Å². The molecular weight excluding hydrogens is 528 g/mol. The Morgan fingerprint density at radius 3 is 1.12 bits per heavy atom. The molecule has 0 fully saturated rings. The van der Waals surface area contributed by atoms with Crippen molar-refractivity contribution in [3.05, 3.63) is 129 Å². The van der Waals surface area contributed by atoms with Crippen LogP contribution in [0.15, 0.2) is 84.9 Å². The van der Waals surface area contributed by atoms with Gasteiger partial charge in [0.05, 0.1) is 44.8 Å². The van der Waals surface area contributed by atoms with Crippen LogP contribution in [0.3, 0.4) is 0 Å². The molecule has 4 amide bonds. The molecular formula is C31H18N2O8. The third kappa shape index (κ3) is 3.97. The van der Waals surface area contributed by atoms with Crippen LogP contribution in [0.4, 0.5) is 11.4 Å². The molecule has 0 aliphatic carbocycles. The fraction of sp³-hybridized carbons (Fsp3) is 0.0323. The number of rotatable bonds is 6. The summed E-state index contributed by atoms with van der Waals surface area (Å²) < 4.78 is 0. The van der Waals surface area contributed by atoms with Gasteiger partial charge in [0.1, 0.15) is 0 Å². The molecule has 4 aromatic carbocycles. The second-order valence-electron chi connectivity index (χ2n) is 9.47. The maximum absolute atomic E-state index is 12.9. The Balaban J connectivity index is 1.33. The van der Waals surface area contributed by atoms with E-state index in [9.17, 15) is 39.0 Å². The zero-order valence-corrected chi connectivity index (χ0v) is 21.0. The monoisotopic (exact) mass is 546 g/mol. The fourth-order valence-electron chi connectivity index (χ4n) is 5.17. The summed E-state index contributed by atoms with van der Waals surface area (Å²) in [6, 6.07) is 20.9. The van der Waals surface area contributed by atoms with Crippen molar-refractivity contribution in [2.45, 2.75) is 6.42 Å². The van der Waals surface area contributed by atoms with Gasteiger partial charge in [-0.25, -0.2) is 19.4 Å². The normalized spacial score (nSPS) is 14.0. The molecule has 0 unspecified atom stereocenters. The van der Waals surface area contributed by atoms with Crippen LogP contribution in [0.5, 0.6) is 0 Å². The standard InChI is InChI=1S/C31H18N2O8/c34-26-18-5-1-2-6-19(18)27(35)32(26)24-11-9-16(14-22(24)30(38)39)13-17-10-12-25(23(15-17)31(40)41)33-28(36)20-7-3-4-8-21(20)29(33)37/h1-12,14-15H,13H2,(H,38,39)(H,40,41). The molecule has 0 atom stereocenters. The molecule has 2 aliphatic heterocycles. The predicted octanol–water partition coefficient (Wildman–Crippen LogP) is 4.28. The van der Waals surface area contributed by atoms with Gasteiger partial charge in [-0.15, -0.1) is 0 Å². The van der Waals surface area contributed by atoms with Gasteiger partial charge >= 0.3 is 11.9 Å². The van der Waals surface area contributed by atoms with Gasteiger partial charge in [0.25, 0.3) is 23.6 Å². The van der Waals surface area contributed by atoms with Crippen molar-refractivity contribution in [3.8, 4) is 0 Å². The Morgan fingerprint density at radius 1 is 0.512 bits per heavy atom. The van der Waals surface area contributed by atoms with Crippen LogP contribution < -0.4 is 9.80 Å². The summed E-state index contributed by atoms with van der Waals surface area (Å²) in [5.41, 5.74) is 0.916. The van der Waals surface area contributed by atoms with Crippen LogP contribution in [0.1, 0.15) is 73.3 Å². The number of carbonyl (C=O) groups excluding carboxylic acids is 4. The van der Waals surface area contributed by atoms with Crippen LogP contribution in [-0.2, 0) is 6.42 Å². The Hall–Kier alpha value is -5.90. The van der Waals surface area contributed by atoms with E-state index in [4.69, 9.17) is 0 Å². The van der Waals surface area contributed by atoms with Crippen molar-refractivity contribution in [3.63, 3.8) is 0 Å². The average Bonchev–Trinajstić information content (AvgIpc) is 3.37. The van der Waals surface area contributed by atoms with Gasteiger partial charge in [-0.05, 0) is 66.1 Å². The minimum Gasteiger partial charge on any atom is -0.478 e. The highest BCUT2D eigenvalue weighted by molar-refractivity contribution is 6.36. The number of benzene rings is 4. The summed E-state index contributed by atoms with van der Waals surface area (Å²) >= 11 is 0. The number of hydrogen-bond donors (Lipinski definition) is 2. The van der Waals surface area contributed by atoms with Crippen molar-refractivity contribution in [2.24, 2.45) is 0 Å². The maximum Gasteiger partial charge on any atom is 0.337 e. The number of anilines is 2. The number of amides is 4. The number of carbonyl (C=O) groups is 6. The van der Waals surface area contributed by atoms with Crippen LogP contribution in [0.2, 0.25) is 0 Å². The minimum atomic E-state index is -1.36. The summed E-state index contributed by atoms with van der Waals surface area (Å²) in [5.74, 6) is -5.23. The third-order valence-electron chi connectivity index (χ3n) is 7.06. The molecule has 6 rings (SSSR count). The topological polar surface area (TPSA) is 149 Å². The van der Waals surface area contributed by atoms with Crippen molar-refractivity contribution in [2.75, 3.05) is 9.80 Å². The van der Waals surface area contributed by atoms with E-state index < -0.39 is 35.6 Å². The van der Waals surface area contributed by atoms with Gasteiger partial charge in [0.2, 0.25) is 0 Å². The second-order valence-corrected chi connectivity index (χ2v) is 9.47. The molecule has 2 N–H and O–H groups in total. The molecule has 0 saturated carbocycles. The molecule has 200 valence electrons. The van der Waals surface area contributed by atoms with Crippen LogP contribution in [0.25, 0.3) is 0 Å². The Labute approximate surface area is 231 Å². The second kappa shape index (κ2) is 9.38. The molecule has 10 nitrogen and oxygen atoms in total. The van der Waals surface area contributed by atoms with E-state index in [1.54, 1.807) is 36.4 Å². The highest BCUT2D eigenvalue weighted by Gasteiger charge is 2.39. The van der Waals surface area contributed by atoms with E-state index in [1.165, 1.54) is 48.5 Å². The number of aromatic carboxylic acids is 2. The smallest absolute Gasteiger partial charge is 0.337 e. The molecule has 41 heavy (non-hydrogen) atoms. The molecule has 0 aromatic heterocycles. The molecule has 0 bridgehead atoms. The quantitative estimate of drug-likeness (QED) is 0.341. The largest absolute Gasteiger partial charge is 0.478 e. The fourth-order valence-corrected chi connectivity index (χ4v) is 5.17. The summed E-state index contributed by atoms with van der Waals surface area (Å²) in [7, 11) is 0. The van der Waals surface area contributed by atoms with Gasteiger partial charge < -0.3 is 10.2 Å². The van der Waals surface area contributed by atoms with E-state index in [-0.39, 0.29) is 51.2 Å².